The summed E-state index contributed by atoms with van der Waals surface area (Å²) in [5, 5.41) is 5.76. The monoisotopic (exact) mass is 214 g/mol. The fraction of sp³-hybridized carbons (Fsp3) is 0.308. The average Bonchev–Trinajstić information content (AvgIpc) is 2.39. The summed E-state index contributed by atoms with van der Waals surface area (Å²) < 4.78 is 5.77. The van der Waals surface area contributed by atoms with Gasteiger partial charge in [-0.05, 0) is 5.39 Å². The predicted octanol–water partition coefficient (Wildman–Crippen LogP) is 1.90. The summed E-state index contributed by atoms with van der Waals surface area (Å²) in [6, 6.07) is 8.31. The maximum atomic E-state index is 5.77. The Labute approximate surface area is 94.5 Å². The van der Waals surface area contributed by atoms with Crippen molar-refractivity contribution in [3.8, 4) is 0 Å². The minimum Gasteiger partial charge on any atom is -0.371 e. The first-order valence-corrected chi connectivity index (χ1v) is 5.60. The second-order valence-corrected chi connectivity index (χ2v) is 4.01. The van der Waals surface area contributed by atoms with Gasteiger partial charge in [-0.3, -0.25) is 4.98 Å². The molecule has 3 nitrogen and oxygen atoms in total. The SMILES string of the molecule is c1ccc2c(C3CNCCO3)cncc2c1. The van der Waals surface area contributed by atoms with Gasteiger partial charge in [0.2, 0.25) is 0 Å². The number of nitrogens with zero attached hydrogens (tertiary/aromatic N) is 1. The van der Waals surface area contributed by atoms with Gasteiger partial charge in [0.05, 0.1) is 12.7 Å². The molecule has 1 saturated heterocycles. The van der Waals surface area contributed by atoms with Crippen LogP contribution in [0.3, 0.4) is 0 Å². The van der Waals surface area contributed by atoms with E-state index >= 15 is 0 Å². The summed E-state index contributed by atoms with van der Waals surface area (Å²) in [5.74, 6) is 0. The lowest BCUT2D eigenvalue weighted by Crippen LogP contribution is -2.33. The fourth-order valence-corrected chi connectivity index (χ4v) is 2.16. The summed E-state index contributed by atoms with van der Waals surface area (Å²) in [6.45, 7) is 2.58. The van der Waals surface area contributed by atoms with Crippen molar-refractivity contribution >= 4 is 10.8 Å². The molecule has 0 radical (unpaired) electrons. The molecule has 2 aromatic rings. The number of pyridine rings is 1. The summed E-state index contributed by atoms with van der Waals surface area (Å²) >= 11 is 0. The van der Waals surface area contributed by atoms with E-state index in [2.05, 4.69) is 28.5 Å². The number of nitrogens with one attached hydrogen (secondary N) is 1. The van der Waals surface area contributed by atoms with E-state index in [-0.39, 0.29) is 6.10 Å². The van der Waals surface area contributed by atoms with E-state index in [1.54, 1.807) is 0 Å². The molecule has 1 aromatic carbocycles. The van der Waals surface area contributed by atoms with Crippen LogP contribution in [0.15, 0.2) is 36.7 Å². The van der Waals surface area contributed by atoms with Gasteiger partial charge in [-0.25, -0.2) is 0 Å². The van der Waals surface area contributed by atoms with Crippen LogP contribution in [0.5, 0.6) is 0 Å². The third kappa shape index (κ3) is 1.68. The quantitative estimate of drug-likeness (QED) is 0.787. The topological polar surface area (TPSA) is 34.1 Å². The van der Waals surface area contributed by atoms with Gasteiger partial charge in [-0.2, -0.15) is 0 Å². The van der Waals surface area contributed by atoms with Crippen LogP contribution < -0.4 is 5.32 Å². The molecule has 1 fully saturated rings. The van der Waals surface area contributed by atoms with Crippen molar-refractivity contribution in [1.82, 2.24) is 10.3 Å². The van der Waals surface area contributed by atoms with Gasteiger partial charge >= 0.3 is 0 Å². The first-order chi connectivity index (χ1) is 7.95. The zero-order valence-corrected chi connectivity index (χ0v) is 9.02. The number of benzene rings is 1. The lowest BCUT2D eigenvalue weighted by Gasteiger charge is -2.24. The van der Waals surface area contributed by atoms with Crippen molar-refractivity contribution in [2.75, 3.05) is 19.7 Å². The van der Waals surface area contributed by atoms with E-state index in [4.69, 9.17) is 4.74 Å². The van der Waals surface area contributed by atoms with E-state index in [1.165, 1.54) is 16.3 Å². The zero-order valence-electron chi connectivity index (χ0n) is 9.02. The van der Waals surface area contributed by atoms with Crippen molar-refractivity contribution in [2.24, 2.45) is 0 Å². The molecule has 16 heavy (non-hydrogen) atoms. The number of morpholine rings is 1. The van der Waals surface area contributed by atoms with Gasteiger partial charge in [0.25, 0.3) is 0 Å². The first kappa shape index (κ1) is 9.75. The van der Waals surface area contributed by atoms with Gasteiger partial charge in [0.1, 0.15) is 0 Å². The lowest BCUT2D eigenvalue weighted by atomic mass is 10.0. The Bertz CT molecular complexity index is 487. The maximum absolute atomic E-state index is 5.77. The molecule has 3 rings (SSSR count). The Balaban J connectivity index is 2.08. The summed E-state index contributed by atoms with van der Waals surface area (Å²) in [5.41, 5.74) is 1.19. The van der Waals surface area contributed by atoms with Crippen LogP contribution in [0.25, 0.3) is 10.8 Å². The molecule has 3 heteroatoms. The average molecular weight is 214 g/mol. The molecule has 1 aromatic heterocycles. The van der Waals surface area contributed by atoms with E-state index < -0.39 is 0 Å². The summed E-state index contributed by atoms with van der Waals surface area (Å²) in [7, 11) is 0. The smallest absolute Gasteiger partial charge is 0.0970 e. The molecule has 0 amide bonds. The molecule has 0 aliphatic carbocycles. The fourth-order valence-electron chi connectivity index (χ4n) is 2.16. The molecule has 0 bridgehead atoms. The van der Waals surface area contributed by atoms with Crippen LogP contribution in [0.2, 0.25) is 0 Å². The van der Waals surface area contributed by atoms with Gasteiger partial charge in [-0.1, -0.05) is 24.3 Å². The van der Waals surface area contributed by atoms with Crippen LogP contribution >= 0.6 is 0 Å². The highest BCUT2D eigenvalue weighted by Gasteiger charge is 2.17. The number of hydrogen-bond acceptors (Lipinski definition) is 3. The van der Waals surface area contributed by atoms with Crippen molar-refractivity contribution in [3.05, 3.63) is 42.2 Å². The van der Waals surface area contributed by atoms with Crippen LogP contribution in [-0.4, -0.2) is 24.7 Å². The highest BCUT2D eigenvalue weighted by Crippen LogP contribution is 2.25. The molecule has 0 spiro atoms. The molecular weight excluding hydrogens is 200 g/mol. The summed E-state index contributed by atoms with van der Waals surface area (Å²) in [4.78, 5) is 4.28. The third-order valence-corrected chi connectivity index (χ3v) is 2.97. The van der Waals surface area contributed by atoms with E-state index in [0.29, 0.717) is 0 Å². The lowest BCUT2D eigenvalue weighted by molar-refractivity contribution is 0.0284. The molecular formula is C13H14N2O. The Morgan fingerprint density at radius 1 is 1.25 bits per heavy atom. The summed E-state index contributed by atoms with van der Waals surface area (Å²) in [6.07, 6.45) is 3.95. The minimum absolute atomic E-state index is 0.132. The van der Waals surface area contributed by atoms with Crippen molar-refractivity contribution in [2.45, 2.75) is 6.10 Å². The molecule has 1 aliphatic heterocycles. The molecule has 1 unspecified atom stereocenters. The highest BCUT2D eigenvalue weighted by atomic mass is 16.5. The van der Waals surface area contributed by atoms with Crippen LogP contribution in [0, 0.1) is 0 Å². The van der Waals surface area contributed by atoms with Crippen molar-refractivity contribution < 1.29 is 4.74 Å². The maximum Gasteiger partial charge on any atom is 0.0970 e. The molecule has 2 heterocycles. The van der Waals surface area contributed by atoms with E-state index in [1.807, 2.05) is 18.5 Å². The second-order valence-electron chi connectivity index (χ2n) is 4.01. The van der Waals surface area contributed by atoms with Crippen LogP contribution in [-0.2, 0) is 4.74 Å². The highest BCUT2D eigenvalue weighted by molar-refractivity contribution is 5.84. The Morgan fingerprint density at radius 3 is 3.06 bits per heavy atom. The zero-order chi connectivity index (χ0) is 10.8. The normalized spacial score (nSPS) is 21.1. The van der Waals surface area contributed by atoms with Gasteiger partial charge in [0.15, 0.2) is 0 Å². The Kier molecular flexibility index (Phi) is 2.56. The van der Waals surface area contributed by atoms with Gasteiger partial charge < -0.3 is 10.1 Å². The number of aromatic nitrogens is 1. The molecule has 1 aliphatic rings. The standard InChI is InChI=1S/C13H14N2O/c1-2-4-11-10(3-1)7-15-8-12(11)13-9-14-5-6-16-13/h1-4,7-8,13-14H,5-6,9H2. The third-order valence-electron chi connectivity index (χ3n) is 2.97. The van der Waals surface area contributed by atoms with E-state index in [0.717, 1.165) is 19.7 Å². The van der Waals surface area contributed by atoms with Gasteiger partial charge in [-0.15, -0.1) is 0 Å². The first-order valence-electron chi connectivity index (χ1n) is 5.60. The van der Waals surface area contributed by atoms with Gasteiger partial charge in [0, 0.05) is 36.4 Å². The second kappa shape index (κ2) is 4.20. The largest absolute Gasteiger partial charge is 0.371 e. The number of fused-ring (bicyclic) bond motifs is 1. The number of ether oxygens (including phenoxy) is 1. The number of rotatable bonds is 1. The van der Waals surface area contributed by atoms with Crippen LogP contribution in [0.1, 0.15) is 11.7 Å². The molecule has 1 N–H and O–H groups in total. The van der Waals surface area contributed by atoms with E-state index in [9.17, 15) is 0 Å². The van der Waals surface area contributed by atoms with Crippen molar-refractivity contribution in [1.29, 1.82) is 0 Å². The minimum atomic E-state index is 0.132. The van der Waals surface area contributed by atoms with Crippen LogP contribution in [0.4, 0.5) is 0 Å². The Morgan fingerprint density at radius 2 is 2.19 bits per heavy atom. The molecule has 1 atom stereocenters. The predicted molar refractivity (Wildman–Crippen MR) is 63.3 cm³/mol. The number of hydrogen-bond donors (Lipinski definition) is 1. The molecule has 0 saturated carbocycles. The Hall–Kier alpha value is -1.45. The molecule has 82 valence electrons. The van der Waals surface area contributed by atoms with Crippen molar-refractivity contribution in [3.63, 3.8) is 0 Å².